The fourth-order valence-electron chi connectivity index (χ4n) is 6.21. The summed E-state index contributed by atoms with van der Waals surface area (Å²) in [5.41, 5.74) is 2.24. The molecule has 2 saturated carbocycles. The first-order chi connectivity index (χ1) is 18.5. The minimum atomic E-state index is -4.52. The van der Waals surface area contributed by atoms with Crippen molar-refractivity contribution in [1.29, 1.82) is 0 Å². The first kappa shape index (κ1) is 31.0. The molecule has 2 fully saturated rings. The Hall–Kier alpha value is -1.90. The van der Waals surface area contributed by atoms with Gasteiger partial charge in [0, 0.05) is 0 Å². The lowest BCUT2D eigenvalue weighted by Crippen LogP contribution is -2.20. The summed E-state index contributed by atoms with van der Waals surface area (Å²) in [6.45, 7) is 12.3. The number of rotatable bonds is 6. The van der Waals surface area contributed by atoms with Crippen LogP contribution in [-0.2, 0) is 31.1 Å². The summed E-state index contributed by atoms with van der Waals surface area (Å²) < 4.78 is 69.6. The third-order valence-corrected chi connectivity index (χ3v) is 10.8. The minimum Gasteiger partial charge on any atom is -0.379 e. The number of hydrogen-bond donors (Lipinski definition) is 1. The summed E-state index contributed by atoms with van der Waals surface area (Å²) in [5.74, 6) is -0.0287. The third-order valence-electron chi connectivity index (χ3n) is 8.60. The van der Waals surface area contributed by atoms with Gasteiger partial charge in [-0.2, -0.15) is 16.8 Å². The maximum Gasteiger partial charge on any atom is 0.339 e. The smallest absolute Gasteiger partial charge is 0.339 e. The van der Waals surface area contributed by atoms with Crippen LogP contribution in [0.25, 0.3) is 0 Å². The Morgan fingerprint density at radius 1 is 0.650 bits per heavy atom. The van der Waals surface area contributed by atoms with Gasteiger partial charge in [-0.1, -0.05) is 86.1 Å². The van der Waals surface area contributed by atoms with E-state index in [1.54, 1.807) is 24.3 Å². The molecule has 0 saturated heterocycles. The van der Waals surface area contributed by atoms with Crippen molar-refractivity contribution in [3.63, 3.8) is 0 Å². The summed E-state index contributed by atoms with van der Waals surface area (Å²) in [7, 11) is -8.76. The second-order valence-electron chi connectivity index (χ2n) is 13.9. The van der Waals surface area contributed by atoms with Gasteiger partial charge in [-0.05, 0) is 94.9 Å². The second-order valence-corrected chi connectivity index (χ2v) is 16.8. The van der Waals surface area contributed by atoms with E-state index in [4.69, 9.17) is 4.18 Å². The van der Waals surface area contributed by atoms with Crippen LogP contribution >= 0.6 is 0 Å². The Labute approximate surface area is 241 Å². The maximum atomic E-state index is 13.8. The Kier molecular flexibility index (Phi) is 8.85. The van der Waals surface area contributed by atoms with Crippen molar-refractivity contribution >= 4 is 20.2 Å². The fourth-order valence-corrected chi connectivity index (χ4v) is 8.25. The van der Waals surface area contributed by atoms with E-state index in [0.29, 0.717) is 11.1 Å². The zero-order chi connectivity index (χ0) is 29.5. The van der Waals surface area contributed by atoms with E-state index in [1.165, 1.54) is 0 Å². The number of benzene rings is 2. The van der Waals surface area contributed by atoms with Crippen molar-refractivity contribution < 1.29 is 25.6 Å². The molecule has 222 valence electrons. The topological polar surface area (TPSA) is 97.7 Å². The van der Waals surface area contributed by atoms with E-state index in [2.05, 4.69) is 6.07 Å². The molecule has 0 atom stereocenters. The quantitative estimate of drug-likeness (QED) is 0.268. The summed E-state index contributed by atoms with van der Waals surface area (Å²) in [6, 6.07) is 8.53. The van der Waals surface area contributed by atoms with E-state index >= 15 is 0 Å². The molecule has 2 aromatic rings. The molecule has 40 heavy (non-hydrogen) atoms. The first-order valence-corrected chi connectivity index (χ1v) is 17.6. The molecular formula is C32H46O6S2. The van der Waals surface area contributed by atoms with Crippen molar-refractivity contribution in [3.8, 4) is 5.75 Å². The van der Waals surface area contributed by atoms with Crippen molar-refractivity contribution in [3.05, 3.63) is 52.6 Å². The molecule has 0 spiro atoms. The van der Waals surface area contributed by atoms with Gasteiger partial charge in [0.2, 0.25) is 0 Å². The molecule has 2 aromatic carbocycles. The van der Waals surface area contributed by atoms with E-state index in [1.807, 2.05) is 41.5 Å². The lowest BCUT2D eigenvalue weighted by atomic mass is 9.79. The summed E-state index contributed by atoms with van der Waals surface area (Å²) in [4.78, 5) is 0.0583. The maximum absolute atomic E-state index is 13.8. The molecule has 0 bridgehead atoms. The minimum absolute atomic E-state index is 0.0270. The average Bonchev–Trinajstić information content (AvgIpc) is 2.87. The highest BCUT2D eigenvalue weighted by Gasteiger charge is 2.33. The zero-order valence-electron chi connectivity index (χ0n) is 24.9. The molecule has 0 aliphatic heterocycles. The van der Waals surface area contributed by atoms with Crippen LogP contribution in [0.15, 0.2) is 40.1 Å². The summed E-state index contributed by atoms with van der Waals surface area (Å²) in [6.07, 6.45) is 9.21. The molecule has 2 aliphatic carbocycles. The molecule has 1 N–H and O–H groups in total. The van der Waals surface area contributed by atoms with Gasteiger partial charge in [-0.3, -0.25) is 4.55 Å². The Balaban J connectivity index is 1.87. The highest BCUT2D eigenvalue weighted by Crippen LogP contribution is 2.45. The van der Waals surface area contributed by atoms with Gasteiger partial charge in [0.1, 0.15) is 15.5 Å². The molecule has 8 heteroatoms. The molecule has 0 unspecified atom stereocenters. The molecule has 6 nitrogen and oxygen atoms in total. The fraction of sp³-hybridized carbons (Fsp3) is 0.625. The molecule has 0 aromatic heterocycles. The molecule has 0 amide bonds. The van der Waals surface area contributed by atoms with Gasteiger partial charge in [0.15, 0.2) is 0 Å². The molecule has 0 radical (unpaired) electrons. The van der Waals surface area contributed by atoms with Crippen LogP contribution in [0.2, 0.25) is 0 Å². The van der Waals surface area contributed by atoms with Gasteiger partial charge in [0.05, 0.1) is 0 Å². The summed E-state index contributed by atoms with van der Waals surface area (Å²) in [5, 5.41) is 0. The Morgan fingerprint density at radius 2 is 1.05 bits per heavy atom. The highest BCUT2D eigenvalue weighted by molar-refractivity contribution is 7.87. The predicted molar refractivity (Wildman–Crippen MR) is 160 cm³/mol. The molecule has 2 aliphatic rings. The standard InChI is InChI=1S/C32H46O6S2/c1-31(2,3)24-17-25(32(4,5)6)19-27(18-24)40(36,37)38-26-20-28(22-13-9-7-10-14-22)30(39(33,34)35)29(21-26)23-15-11-8-12-16-23/h17-23H,7-16H2,1-6H3,(H,33,34,35). The monoisotopic (exact) mass is 590 g/mol. The predicted octanol–water partition coefficient (Wildman–Crippen LogP) is 8.39. The van der Waals surface area contributed by atoms with Crippen molar-refractivity contribution in [2.75, 3.05) is 0 Å². The third kappa shape index (κ3) is 7.11. The molecule has 0 heterocycles. The normalized spacial score (nSPS) is 18.6. The van der Waals surface area contributed by atoms with Crippen LogP contribution < -0.4 is 4.18 Å². The van der Waals surface area contributed by atoms with Crippen LogP contribution in [0.3, 0.4) is 0 Å². The van der Waals surface area contributed by atoms with Gasteiger partial charge in [0.25, 0.3) is 10.1 Å². The van der Waals surface area contributed by atoms with E-state index < -0.39 is 20.2 Å². The van der Waals surface area contributed by atoms with Gasteiger partial charge >= 0.3 is 10.1 Å². The lowest BCUT2D eigenvalue weighted by molar-refractivity contribution is 0.416. The van der Waals surface area contributed by atoms with E-state index in [-0.39, 0.29) is 38.2 Å². The number of hydrogen-bond acceptors (Lipinski definition) is 5. The Morgan fingerprint density at radius 3 is 1.40 bits per heavy atom. The highest BCUT2D eigenvalue weighted by atomic mass is 32.2. The lowest BCUT2D eigenvalue weighted by Gasteiger charge is -2.29. The van der Waals surface area contributed by atoms with Crippen molar-refractivity contribution in [2.45, 2.75) is 138 Å². The molecular weight excluding hydrogens is 544 g/mol. The average molecular weight is 591 g/mol. The SMILES string of the molecule is CC(C)(C)c1cc(C(C)(C)C)cc(S(=O)(=O)Oc2cc(C3CCCCC3)c(S(=O)(=O)O)c(C3CCCCC3)c2)c1. The zero-order valence-corrected chi connectivity index (χ0v) is 26.6. The van der Waals surface area contributed by atoms with E-state index in [0.717, 1.165) is 75.3 Å². The van der Waals surface area contributed by atoms with Crippen LogP contribution in [0.5, 0.6) is 5.75 Å². The van der Waals surface area contributed by atoms with Crippen LogP contribution in [-0.4, -0.2) is 21.4 Å². The van der Waals surface area contributed by atoms with Crippen LogP contribution in [0.1, 0.15) is 140 Å². The largest absolute Gasteiger partial charge is 0.379 e. The van der Waals surface area contributed by atoms with Crippen molar-refractivity contribution in [1.82, 2.24) is 0 Å². The Bertz CT molecular complexity index is 1360. The van der Waals surface area contributed by atoms with Crippen LogP contribution in [0, 0.1) is 0 Å². The van der Waals surface area contributed by atoms with Crippen molar-refractivity contribution in [2.24, 2.45) is 0 Å². The second kappa shape index (κ2) is 11.4. The van der Waals surface area contributed by atoms with Gasteiger partial charge < -0.3 is 4.18 Å². The van der Waals surface area contributed by atoms with E-state index in [9.17, 15) is 21.4 Å². The van der Waals surface area contributed by atoms with Gasteiger partial charge in [-0.15, -0.1) is 0 Å². The summed E-state index contributed by atoms with van der Waals surface area (Å²) >= 11 is 0. The molecule has 4 rings (SSSR count). The first-order valence-electron chi connectivity index (χ1n) is 14.7. The van der Waals surface area contributed by atoms with Crippen LogP contribution in [0.4, 0.5) is 0 Å². The van der Waals surface area contributed by atoms with Gasteiger partial charge in [-0.25, -0.2) is 0 Å².